The molecule has 5 nitrogen and oxygen atoms in total. The molecule has 1 aromatic rings. The van der Waals surface area contributed by atoms with Gasteiger partial charge in [-0.25, -0.2) is 0 Å². The minimum atomic E-state index is -0.154. The van der Waals surface area contributed by atoms with Gasteiger partial charge in [0.1, 0.15) is 4.88 Å². The first-order valence-electron chi connectivity index (χ1n) is 4.92. The maximum atomic E-state index is 12.0. The number of thiophene rings is 1. The summed E-state index contributed by atoms with van der Waals surface area (Å²) in [5.41, 5.74) is 6.16. The van der Waals surface area contributed by atoms with E-state index in [1.54, 1.807) is 18.6 Å². The molecule has 3 N–H and O–H groups in total. The van der Waals surface area contributed by atoms with E-state index < -0.39 is 0 Å². The van der Waals surface area contributed by atoms with Gasteiger partial charge in [0, 0.05) is 20.2 Å². The van der Waals surface area contributed by atoms with Crippen LogP contribution in [0.1, 0.15) is 9.67 Å². The fourth-order valence-corrected chi connectivity index (χ4v) is 2.06. The molecule has 1 aromatic heterocycles. The summed E-state index contributed by atoms with van der Waals surface area (Å²) >= 11 is 1.31. The first-order chi connectivity index (χ1) is 7.70. The first kappa shape index (κ1) is 13.0. The van der Waals surface area contributed by atoms with E-state index in [0.717, 1.165) is 0 Å². The van der Waals surface area contributed by atoms with Gasteiger partial charge in [-0.05, 0) is 11.4 Å². The van der Waals surface area contributed by atoms with Crippen LogP contribution >= 0.6 is 11.3 Å². The molecule has 0 fully saturated rings. The Morgan fingerprint density at radius 2 is 2.38 bits per heavy atom. The maximum Gasteiger partial charge on any atom is 0.266 e. The number of hydrogen-bond donors (Lipinski definition) is 2. The van der Waals surface area contributed by atoms with E-state index in [1.165, 1.54) is 16.2 Å². The molecule has 0 saturated carbocycles. The molecular formula is C10H16N2O3S. The normalized spacial score (nSPS) is 10.4. The number of hydrogen-bond acceptors (Lipinski definition) is 5. The van der Waals surface area contributed by atoms with Crippen LogP contribution in [0.25, 0.3) is 0 Å². The average Bonchev–Trinajstić information content (AvgIpc) is 2.69. The van der Waals surface area contributed by atoms with Crippen LogP contribution in [0.2, 0.25) is 0 Å². The highest BCUT2D eigenvalue weighted by atomic mass is 32.1. The van der Waals surface area contributed by atoms with E-state index in [0.29, 0.717) is 30.3 Å². The number of methoxy groups -OCH3 is 1. The quantitative estimate of drug-likeness (QED) is 0.760. The third-order valence-corrected chi connectivity index (χ3v) is 3.03. The molecule has 0 spiro atoms. The molecule has 16 heavy (non-hydrogen) atoms. The fraction of sp³-hybridized carbons (Fsp3) is 0.500. The summed E-state index contributed by atoms with van der Waals surface area (Å²) in [5, 5.41) is 10.7. The Kier molecular flexibility index (Phi) is 5.24. The Hall–Kier alpha value is -1.11. The summed E-state index contributed by atoms with van der Waals surface area (Å²) in [6, 6.07) is 1.70. The van der Waals surface area contributed by atoms with Gasteiger partial charge in [-0.1, -0.05) is 0 Å². The largest absolute Gasteiger partial charge is 0.397 e. The second-order valence-electron chi connectivity index (χ2n) is 3.21. The molecule has 6 heteroatoms. The lowest BCUT2D eigenvalue weighted by molar-refractivity contribution is 0.0662. The standard InChI is InChI=1S/C10H16N2O3S/c1-15-6-4-12(3-5-13)10(14)9-8(11)2-7-16-9/h2,7,13H,3-6,11H2,1H3. The number of nitrogens with zero attached hydrogens (tertiary/aromatic N) is 1. The van der Waals surface area contributed by atoms with Crippen molar-refractivity contribution in [3.05, 3.63) is 16.3 Å². The van der Waals surface area contributed by atoms with Crippen molar-refractivity contribution >= 4 is 22.9 Å². The van der Waals surface area contributed by atoms with E-state index in [-0.39, 0.29) is 12.5 Å². The molecule has 0 bridgehead atoms. The van der Waals surface area contributed by atoms with Crippen LogP contribution in [0.5, 0.6) is 0 Å². The summed E-state index contributed by atoms with van der Waals surface area (Å²) in [7, 11) is 1.57. The Labute approximate surface area is 98.4 Å². The number of nitrogen functional groups attached to an aromatic ring is 1. The maximum absolute atomic E-state index is 12.0. The monoisotopic (exact) mass is 244 g/mol. The van der Waals surface area contributed by atoms with Gasteiger partial charge in [0.15, 0.2) is 0 Å². The zero-order valence-corrected chi connectivity index (χ0v) is 10.00. The predicted molar refractivity (Wildman–Crippen MR) is 63.6 cm³/mol. The van der Waals surface area contributed by atoms with Crippen LogP contribution in [-0.2, 0) is 4.74 Å². The second-order valence-corrected chi connectivity index (χ2v) is 4.13. The van der Waals surface area contributed by atoms with Crippen LogP contribution in [0, 0.1) is 0 Å². The third-order valence-electron chi connectivity index (χ3n) is 2.11. The number of anilines is 1. The average molecular weight is 244 g/mol. The molecule has 0 aliphatic carbocycles. The number of carbonyl (C=O) groups excluding carboxylic acids is 1. The number of carbonyl (C=O) groups is 1. The van der Waals surface area contributed by atoms with Crippen LogP contribution in [-0.4, -0.2) is 49.3 Å². The van der Waals surface area contributed by atoms with Gasteiger partial charge in [-0.2, -0.15) is 0 Å². The Balaban J connectivity index is 2.70. The third kappa shape index (κ3) is 3.19. The number of rotatable bonds is 6. The zero-order chi connectivity index (χ0) is 12.0. The van der Waals surface area contributed by atoms with Crippen LogP contribution in [0.15, 0.2) is 11.4 Å². The minimum Gasteiger partial charge on any atom is -0.397 e. The Morgan fingerprint density at radius 1 is 1.62 bits per heavy atom. The molecule has 0 atom stereocenters. The summed E-state index contributed by atoms with van der Waals surface area (Å²) in [6.07, 6.45) is 0. The van der Waals surface area contributed by atoms with E-state index in [1.807, 2.05) is 0 Å². The Bertz CT molecular complexity index is 341. The smallest absolute Gasteiger partial charge is 0.266 e. The zero-order valence-electron chi connectivity index (χ0n) is 9.18. The number of aliphatic hydroxyl groups is 1. The van der Waals surface area contributed by atoms with Crippen molar-refractivity contribution in [2.75, 3.05) is 39.1 Å². The Morgan fingerprint density at radius 3 is 2.88 bits per heavy atom. The van der Waals surface area contributed by atoms with Gasteiger partial charge in [0.2, 0.25) is 0 Å². The van der Waals surface area contributed by atoms with Crippen molar-refractivity contribution in [3.8, 4) is 0 Å². The van der Waals surface area contributed by atoms with E-state index >= 15 is 0 Å². The topological polar surface area (TPSA) is 75.8 Å². The molecule has 0 aliphatic rings. The van der Waals surface area contributed by atoms with Gasteiger partial charge < -0.3 is 20.5 Å². The van der Waals surface area contributed by atoms with Gasteiger partial charge in [0.25, 0.3) is 5.91 Å². The number of ether oxygens (including phenoxy) is 1. The number of nitrogens with two attached hydrogens (primary N) is 1. The lowest BCUT2D eigenvalue weighted by Gasteiger charge is -2.20. The van der Waals surface area contributed by atoms with Crippen LogP contribution in [0.3, 0.4) is 0 Å². The minimum absolute atomic E-state index is 0.0687. The highest BCUT2D eigenvalue weighted by molar-refractivity contribution is 7.12. The molecule has 1 amide bonds. The van der Waals surface area contributed by atoms with E-state index in [4.69, 9.17) is 15.6 Å². The summed E-state index contributed by atoms with van der Waals surface area (Å²) in [4.78, 5) is 14.1. The summed E-state index contributed by atoms with van der Waals surface area (Å²) < 4.78 is 4.91. The van der Waals surface area contributed by atoms with Gasteiger partial charge in [-0.15, -0.1) is 11.3 Å². The predicted octanol–water partition coefficient (Wildman–Crippen LogP) is 0.411. The number of aliphatic hydroxyl groups excluding tert-OH is 1. The van der Waals surface area contributed by atoms with Crippen molar-refractivity contribution in [1.82, 2.24) is 4.90 Å². The summed E-state index contributed by atoms with van der Waals surface area (Å²) in [6.45, 7) is 1.12. The van der Waals surface area contributed by atoms with Crippen molar-refractivity contribution in [1.29, 1.82) is 0 Å². The first-order valence-corrected chi connectivity index (χ1v) is 5.80. The highest BCUT2D eigenvalue weighted by Gasteiger charge is 2.18. The molecule has 1 heterocycles. The summed E-state index contributed by atoms with van der Waals surface area (Å²) in [5.74, 6) is -0.154. The van der Waals surface area contributed by atoms with Crippen LogP contribution in [0.4, 0.5) is 5.69 Å². The molecule has 0 aromatic carbocycles. The fourth-order valence-electron chi connectivity index (χ4n) is 1.27. The van der Waals surface area contributed by atoms with Gasteiger partial charge >= 0.3 is 0 Å². The lowest BCUT2D eigenvalue weighted by Crippen LogP contribution is -2.36. The molecule has 0 saturated heterocycles. The van der Waals surface area contributed by atoms with Gasteiger partial charge in [-0.3, -0.25) is 4.79 Å². The molecule has 0 aliphatic heterocycles. The SMILES string of the molecule is COCCN(CCO)C(=O)c1sccc1N. The van der Waals surface area contributed by atoms with Gasteiger partial charge in [0.05, 0.1) is 18.9 Å². The molecule has 1 rings (SSSR count). The molecular weight excluding hydrogens is 228 g/mol. The number of amides is 1. The van der Waals surface area contributed by atoms with E-state index in [9.17, 15) is 4.79 Å². The highest BCUT2D eigenvalue weighted by Crippen LogP contribution is 2.20. The molecule has 0 radical (unpaired) electrons. The molecule has 90 valence electrons. The van der Waals surface area contributed by atoms with Crippen molar-refractivity contribution in [2.24, 2.45) is 0 Å². The molecule has 0 unspecified atom stereocenters. The van der Waals surface area contributed by atoms with Crippen molar-refractivity contribution in [2.45, 2.75) is 0 Å². The van der Waals surface area contributed by atoms with Crippen molar-refractivity contribution in [3.63, 3.8) is 0 Å². The lowest BCUT2D eigenvalue weighted by atomic mass is 10.3. The second kappa shape index (κ2) is 6.47. The van der Waals surface area contributed by atoms with Crippen LogP contribution < -0.4 is 5.73 Å². The van der Waals surface area contributed by atoms with E-state index in [2.05, 4.69) is 0 Å². The van der Waals surface area contributed by atoms with Crippen molar-refractivity contribution < 1.29 is 14.6 Å².